The lowest BCUT2D eigenvalue weighted by Gasteiger charge is -2.36. The Hall–Kier alpha value is -2.71. The average molecular weight is 474 g/mol. The molecule has 0 aliphatic rings. The second kappa shape index (κ2) is 14.5. The van der Waals surface area contributed by atoms with Crippen LogP contribution in [-0.2, 0) is 8.85 Å². The van der Waals surface area contributed by atoms with Crippen LogP contribution in [-0.4, -0.2) is 21.3 Å². The highest BCUT2D eigenvalue weighted by Crippen LogP contribution is 2.22. The van der Waals surface area contributed by atoms with Gasteiger partial charge < -0.3 is 8.85 Å². The predicted octanol–water partition coefficient (Wildman–Crippen LogP) is 6.32. The second-order valence-electron chi connectivity index (χ2n) is 8.77. The molecule has 3 atom stereocenters. The third kappa shape index (κ3) is 7.67. The van der Waals surface area contributed by atoms with E-state index >= 15 is 0 Å². The number of allylic oxidation sites excluding steroid dienone is 2. The molecule has 0 fully saturated rings. The largest absolute Gasteiger partial charge is 0.407 e. The van der Waals surface area contributed by atoms with Crippen LogP contribution < -0.4 is 10.4 Å². The highest BCUT2D eigenvalue weighted by molar-refractivity contribution is 6.92. The van der Waals surface area contributed by atoms with E-state index in [4.69, 9.17) is 8.85 Å². The van der Waals surface area contributed by atoms with Crippen molar-refractivity contribution in [2.45, 2.75) is 52.6 Å². The van der Waals surface area contributed by atoms with E-state index in [2.05, 4.69) is 70.3 Å². The number of hydrogen-bond acceptors (Lipinski definition) is 3. The molecule has 0 aliphatic carbocycles. The SMILES string of the molecule is C=CC(C)CC/C=C(\C)[C@@H](CC#N)O[Si](OC[C@@H](C=C)CC)(c1ccccc1)c1ccccc1. The highest BCUT2D eigenvalue weighted by atomic mass is 28.4. The van der Waals surface area contributed by atoms with Crippen molar-refractivity contribution in [3.8, 4) is 6.07 Å². The van der Waals surface area contributed by atoms with Gasteiger partial charge in [-0.15, -0.1) is 13.2 Å². The highest BCUT2D eigenvalue weighted by Gasteiger charge is 2.45. The van der Waals surface area contributed by atoms with E-state index in [0.717, 1.165) is 35.2 Å². The van der Waals surface area contributed by atoms with Crippen molar-refractivity contribution in [2.24, 2.45) is 11.8 Å². The Morgan fingerprint density at radius 3 is 2.09 bits per heavy atom. The third-order valence-electron chi connectivity index (χ3n) is 6.25. The van der Waals surface area contributed by atoms with Crippen LogP contribution in [0.15, 0.2) is 97.6 Å². The number of nitrogens with zero attached hydrogens (tertiary/aromatic N) is 1. The number of hydrogen-bond donors (Lipinski definition) is 0. The first-order chi connectivity index (χ1) is 16.5. The topological polar surface area (TPSA) is 42.2 Å². The Bertz CT molecular complexity index is 909. The zero-order valence-corrected chi connectivity index (χ0v) is 22.0. The van der Waals surface area contributed by atoms with E-state index in [9.17, 15) is 5.26 Å². The summed E-state index contributed by atoms with van der Waals surface area (Å²) in [6.45, 7) is 14.8. The molecule has 180 valence electrons. The zero-order valence-electron chi connectivity index (χ0n) is 21.0. The van der Waals surface area contributed by atoms with Gasteiger partial charge in [-0.25, -0.2) is 0 Å². The van der Waals surface area contributed by atoms with Gasteiger partial charge in [-0.3, -0.25) is 0 Å². The first-order valence-electron chi connectivity index (χ1n) is 12.2. The van der Waals surface area contributed by atoms with Gasteiger partial charge in [0.25, 0.3) is 0 Å². The van der Waals surface area contributed by atoms with Crippen LogP contribution in [0, 0.1) is 23.2 Å². The van der Waals surface area contributed by atoms with E-state index in [0.29, 0.717) is 12.5 Å². The fourth-order valence-electron chi connectivity index (χ4n) is 3.80. The summed E-state index contributed by atoms with van der Waals surface area (Å²) in [7, 11) is -3.13. The van der Waals surface area contributed by atoms with Crippen LogP contribution in [0.25, 0.3) is 0 Å². The number of benzene rings is 2. The van der Waals surface area contributed by atoms with E-state index in [-0.39, 0.29) is 18.4 Å². The zero-order chi connectivity index (χ0) is 24.8. The summed E-state index contributed by atoms with van der Waals surface area (Å²) >= 11 is 0. The van der Waals surface area contributed by atoms with Crippen LogP contribution in [0.3, 0.4) is 0 Å². The maximum atomic E-state index is 9.66. The van der Waals surface area contributed by atoms with Gasteiger partial charge in [0.2, 0.25) is 0 Å². The molecule has 0 radical (unpaired) electrons. The summed E-state index contributed by atoms with van der Waals surface area (Å²) in [6, 6.07) is 22.8. The normalized spacial score (nSPS) is 14.6. The molecule has 0 aliphatic heterocycles. The first kappa shape index (κ1) is 27.5. The molecular formula is C30H39NO2Si. The van der Waals surface area contributed by atoms with Crippen molar-refractivity contribution in [3.05, 3.63) is 97.6 Å². The third-order valence-corrected chi connectivity index (χ3v) is 9.63. The van der Waals surface area contributed by atoms with E-state index in [1.807, 2.05) is 48.6 Å². The Balaban J connectivity index is 2.53. The van der Waals surface area contributed by atoms with Gasteiger partial charge >= 0.3 is 8.56 Å². The standard InChI is InChI=1S/C30H39NO2Si/c1-6-25(4)16-15-17-26(5)30(22-23-31)33-34(28-18-11-9-12-19-28,29-20-13-10-14-21-29)32-24-27(7-2)8-3/h6-7,9-14,17-21,25,27,30H,1-2,8,15-16,22,24H2,3-5H3/b26-17+/t25?,27-,30+/m0/s1. The molecule has 0 saturated heterocycles. The van der Waals surface area contributed by atoms with Crippen LogP contribution in [0.5, 0.6) is 0 Å². The van der Waals surface area contributed by atoms with E-state index < -0.39 is 8.56 Å². The lowest BCUT2D eigenvalue weighted by Crippen LogP contribution is -2.65. The molecule has 0 amide bonds. The van der Waals surface area contributed by atoms with Gasteiger partial charge in [0.15, 0.2) is 0 Å². The van der Waals surface area contributed by atoms with Gasteiger partial charge in [-0.05, 0) is 54.0 Å². The van der Waals surface area contributed by atoms with Crippen molar-refractivity contribution in [2.75, 3.05) is 6.61 Å². The van der Waals surface area contributed by atoms with Crippen LogP contribution in [0.1, 0.15) is 46.5 Å². The van der Waals surface area contributed by atoms with Crippen LogP contribution in [0.4, 0.5) is 0 Å². The summed E-state index contributed by atoms with van der Waals surface area (Å²) in [5.41, 5.74) is 1.07. The molecule has 2 rings (SSSR count). The Kier molecular flexibility index (Phi) is 11.8. The molecule has 2 aromatic rings. The van der Waals surface area contributed by atoms with Gasteiger partial charge in [0.05, 0.1) is 18.6 Å². The molecule has 4 heteroatoms. The molecule has 3 nitrogen and oxygen atoms in total. The molecule has 0 spiro atoms. The van der Waals surface area contributed by atoms with Crippen molar-refractivity contribution in [1.29, 1.82) is 5.26 Å². The molecule has 0 aromatic heterocycles. The maximum absolute atomic E-state index is 9.66. The minimum atomic E-state index is -3.13. The monoisotopic (exact) mass is 473 g/mol. The number of nitriles is 1. The van der Waals surface area contributed by atoms with Gasteiger partial charge in [-0.2, -0.15) is 5.26 Å². The minimum Gasteiger partial charge on any atom is -0.387 e. The van der Waals surface area contributed by atoms with Crippen molar-refractivity contribution < 1.29 is 8.85 Å². The lowest BCUT2D eigenvalue weighted by atomic mass is 10.0. The molecule has 0 N–H and O–H groups in total. The number of rotatable bonds is 15. The summed E-state index contributed by atoms with van der Waals surface area (Å²) in [5.74, 6) is 0.684. The Morgan fingerprint density at radius 1 is 1.03 bits per heavy atom. The van der Waals surface area contributed by atoms with Gasteiger partial charge in [0.1, 0.15) is 0 Å². The average Bonchev–Trinajstić information content (AvgIpc) is 2.88. The minimum absolute atomic E-state index is 0.231. The summed E-state index contributed by atoms with van der Waals surface area (Å²) < 4.78 is 13.8. The molecule has 0 heterocycles. The fourth-order valence-corrected chi connectivity index (χ4v) is 7.19. The van der Waals surface area contributed by atoms with Crippen molar-refractivity contribution in [1.82, 2.24) is 0 Å². The summed E-state index contributed by atoms with van der Waals surface area (Å²) in [5, 5.41) is 11.7. The van der Waals surface area contributed by atoms with Crippen molar-refractivity contribution >= 4 is 18.9 Å². The molecule has 1 unspecified atom stereocenters. The Morgan fingerprint density at radius 2 is 1.62 bits per heavy atom. The van der Waals surface area contributed by atoms with E-state index in [1.165, 1.54) is 0 Å². The van der Waals surface area contributed by atoms with Gasteiger partial charge in [-0.1, -0.05) is 92.7 Å². The quantitative estimate of drug-likeness (QED) is 0.224. The fraction of sp³-hybridized carbons (Fsp3) is 0.367. The van der Waals surface area contributed by atoms with Gasteiger partial charge in [0, 0.05) is 6.61 Å². The maximum Gasteiger partial charge on any atom is 0.407 e. The lowest BCUT2D eigenvalue weighted by molar-refractivity contribution is 0.142. The molecule has 2 aromatic carbocycles. The molecule has 0 bridgehead atoms. The van der Waals surface area contributed by atoms with Crippen LogP contribution in [0.2, 0.25) is 0 Å². The Labute approximate surface area is 207 Å². The summed E-state index contributed by atoms with van der Waals surface area (Å²) in [4.78, 5) is 0. The molecule has 34 heavy (non-hydrogen) atoms. The predicted molar refractivity (Wildman–Crippen MR) is 145 cm³/mol. The summed E-state index contributed by atoms with van der Waals surface area (Å²) in [6.07, 6.45) is 8.95. The second-order valence-corrected chi connectivity index (χ2v) is 11.7. The molecular weight excluding hydrogens is 434 g/mol. The van der Waals surface area contributed by atoms with E-state index in [1.54, 1.807) is 0 Å². The van der Waals surface area contributed by atoms with Crippen molar-refractivity contribution in [3.63, 3.8) is 0 Å². The van der Waals surface area contributed by atoms with Crippen LogP contribution >= 0.6 is 0 Å². The first-order valence-corrected chi connectivity index (χ1v) is 14.0. The smallest absolute Gasteiger partial charge is 0.387 e. The molecule has 0 saturated carbocycles.